The molecule has 5 heteroatoms. The van der Waals surface area contributed by atoms with Crippen molar-refractivity contribution in [3.05, 3.63) is 47.6 Å². The summed E-state index contributed by atoms with van der Waals surface area (Å²) in [6, 6.07) is 5.71. The van der Waals surface area contributed by atoms with Crippen molar-refractivity contribution in [3.8, 4) is 11.3 Å². The molecule has 0 spiro atoms. The Balaban J connectivity index is 0.000000660. The number of fused-ring (bicyclic) bond motifs is 1. The molecule has 3 aromatic rings. The number of aromatic nitrogens is 2. The molecule has 1 saturated carbocycles. The molecule has 4 rings (SSSR count). The molecule has 1 aliphatic carbocycles. The number of carbonyl (C=O) groups excluding carboxylic acids is 1. The van der Waals surface area contributed by atoms with Crippen LogP contribution in [0.2, 0.25) is 0 Å². The van der Waals surface area contributed by atoms with Crippen LogP contribution in [0.4, 0.5) is 0 Å². The average Bonchev–Trinajstić information content (AvgIpc) is 3.53. The monoisotopic (exact) mass is 382 g/mol. The SMILES string of the molecule is CC.CC.CCOC(=O)c1c(C)oc2ccc(-c3cnc(C4CC4)cn3)cc12. The second kappa shape index (κ2) is 10.0. The number of hydrogen-bond donors (Lipinski definition) is 0. The number of hydrogen-bond acceptors (Lipinski definition) is 5. The van der Waals surface area contributed by atoms with Gasteiger partial charge in [0.05, 0.1) is 24.2 Å². The minimum absolute atomic E-state index is 0.332. The van der Waals surface area contributed by atoms with Gasteiger partial charge in [0.15, 0.2) is 0 Å². The van der Waals surface area contributed by atoms with Crippen molar-refractivity contribution < 1.29 is 13.9 Å². The second-order valence-corrected chi connectivity index (χ2v) is 6.07. The summed E-state index contributed by atoms with van der Waals surface area (Å²) in [7, 11) is 0. The van der Waals surface area contributed by atoms with Crippen LogP contribution in [0.25, 0.3) is 22.2 Å². The molecule has 0 atom stereocenters. The maximum absolute atomic E-state index is 12.2. The second-order valence-electron chi connectivity index (χ2n) is 6.07. The number of aryl methyl sites for hydroxylation is 1. The number of esters is 1. The first-order valence-electron chi connectivity index (χ1n) is 10.2. The number of rotatable bonds is 4. The number of nitrogens with zero attached hydrogens (tertiary/aromatic N) is 2. The lowest BCUT2D eigenvalue weighted by Gasteiger charge is -2.03. The maximum atomic E-state index is 12.2. The maximum Gasteiger partial charge on any atom is 0.342 e. The van der Waals surface area contributed by atoms with Crippen LogP contribution in [-0.4, -0.2) is 22.5 Å². The Bertz CT molecular complexity index is 909. The summed E-state index contributed by atoms with van der Waals surface area (Å²) in [5.74, 6) is 0.790. The van der Waals surface area contributed by atoms with Crippen LogP contribution >= 0.6 is 0 Å². The highest BCUT2D eigenvalue weighted by atomic mass is 16.5. The van der Waals surface area contributed by atoms with E-state index in [0.717, 1.165) is 22.3 Å². The van der Waals surface area contributed by atoms with Gasteiger partial charge in [0.2, 0.25) is 0 Å². The van der Waals surface area contributed by atoms with E-state index in [4.69, 9.17) is 9.15 Å². The van der Waals surface area contributed by atoms with E-state index in [9.17, 15) is 4.79 Å². The largest absolute Gasteiger partial charge is 0.462 e. The zero-order valence-corrected chi connectivity index (χ0v) is 17.7. The van der Waals surface area contributed by atoms with Crippen molar-refractivity contribution in [2.45, 2.75) is 60.3 Å². The fourth-order valence-corrected chi connectivity index (χ4v) is 2.91. The van der Waals surface area contributed by atoms with Gasteiger partial charge in [0.25, 0.3) is 0 Å². The van der Waals surface area contributed by atoms with Crippen LogP contribution in [0.1, 0.15) is 75.2 Å². The molecule has 2 heterocycles. The van der Waals surface area contributed by atoms with Crippen LogP contribution in [-0.2, 0) is 4.74 Å². The summed E-state index contributed by atoms with van der Waals surface area (Å²) < 4.78 is 10.8. The van der Waals surface area contributed by atoms with E-state index in [2.05, 4.69) is 9.97 Å². The molecular weight excluding hydrogens is 352 g/mol. The minimum Gasteiger partial charge on any atom is -0.462 e. The third-order valence-corrected chi connectivity index (χ3v) is 4.31. The molecule has 1 aromatic carbocycles. The quantitative estimate of drug-likeness (QED) is 0.495. The van der Waals surface area contributed by atoms with E-state index in [1.807, 2.05) is 52.1 Å². The van der Waals surface area contributed by atoms with E-state index in [1.165, 1.54) is 12.8 Å². The molecular formula is C23H30N2O3. The number of ether oxygens (including phenoxy) is 1. The highest BCUT2D eigenvalue weighted by molar-refractivity contribution is 6.05. The first-order chi connectivity index (χ1) is 13.7. The lowest BCUT2D eigenvalue weighted by Crippen LogP contribution is -2.05. The first-order valence-corrected chi connectivity index (χ1v) is 10.2. The topological polar surface area (TPSA) is 65.2 Å². The Labute approximate surface area is 167 Å². The van der Waals surface area contributed by atoms with Gasteiger partial charge in [-0.25, -0.2) is 4.79 Å². The lowest BCUT2D eigenvalue weighted by molar-refractivity contribution is 0.0526. The summed E-state index contributed by atoms with van der Waals surface area (Å²) in [5.41, 5.74) is 3.91. The van der Waals surface area contributed by atoms with Gasteiger partial charge in [-0.2, -0.15) is 0 Å². The fourth-order valence-electron chi connectivity index (χ4n) is 2.91. The van der Waals surface area contributed by atoms with E-state index in [-0.39, 0.29) is 5.97 Å². The van der Waals surface area contributed by atoms with Gasteiger partial charge in [-0.1, -0.05) is 27.7 Å². The third kappa shape index (κ3) is 4.58. The van der Waals surface area contributed by atoms with Crippen molar-refractivity contribution in [1.29, 1.82) is 0 Å². The molecule has 28 heavy (non-hydrogen) atoms. The van der Waals surface area contributed by atoms with Gasteiger partial charge in [-0.3, -0.25) is 9.97 Å². The zero-order valence-electron chi connectivity index (χ0n) is 17.7. The standard InChI is InChI=1S/C19H18N2O3.2C2H6/c1-3-23-19(22)18-11(2)24-17-7-6-13(8-14(17)18)16-10-20-15(9-21-16)12-4-5-12;2*1-2/h6-10,12H,3-5H2,1-2H3;2*1-2H3. The van der Waals surface area contributed by atoms with Gasteiger partial charge in [-0.05, 0) is 44.9 Å². The zero-order chi connectivity index (χ0) is 20.7. The van der Waals surface area contributed by atoms with Crippen LogP contribution in [0, 0.1) is 6.92 Å². The normalized spacial score (nSPS) is 12.5. The Kier molecular flexibility index (Phi) is 7.73. The molecule has 2 aromatic heterocycles. The van der Waals surface area contributed by atoms with Gasteiger partial charge in [-0.15, -0.1) is 0 Å². The van der Waals surface area contributed by atoms with E-state index in [1.54, 1.807) is 20.0 Å². The van der Waals surface area contributed by atoms with Crippen LogP contribution in [0.3, 0.4) is 0 Å². The van der Waals surface area contributed by atoms with Gasteiger partial charge < -0.3 is 9.15 Å². The average molecular weight is 383 g/mol. The summed E-state index contributed by atoms with van der Waals surface area (Å²) in [4.78, 5) is 21.2. The molecule has 0 amide bonds. The molecule has 150 valence electrons. The summed E-state index contributed by atoms with van der Waals surface area (Å²) in [5, 5.41) is 0.747. The van der Waals surface area contributed by atoms with Crippen molar-refractivity contribution >= 4 is 16.9 Å². The van der Waals surface area contributed by atoms with Crippen molar-refractivity contribution in [1.82, 2.24) is 9.97 Å². The Hall–Kier alpha value is -2.69. The number of furan rings is 1. The molecule has 0 radical (unpaired) electrons. The smallest absolute Gasteiger partial charge is 0.342 e. The Morgan fingerprint density at radius 2 is 1.86 bits per heavy atom. The Morgan fingerprint density at radius 1 is 1.14 bits per heavy atom. The Morgan fingerprint density at radius 3 is 2.43 bits per heavy atom. The van der Waals surface area contributed by atoms with Gasteiger partial charge in [0, 0.05) is 23.1 Å². The van der Waals surface area contributed by atoms with E-state index >= 15 is 0 Å². The van der Waals surface area contributed by atoms with E-state index in [0.29, 0.717) is 29.4 Å². The van der Waals surface area contributed by atoms with E-state index < -0.39 is 0 Å². The molecule has 0 aliphatic heterocycles. The van der Waals surface area contributed by atoms with Crippen molar-refractivity contribution in [2.24, 2.45) is 0 Å². The predicted octanol–water partition coefficient (Wildman–Crippen LogP) is 6.30. The summed E-state index contributed by atoms with van der Waals surface area (Å²) >= 11 is 0. The van der Waals surface area contributed by atoms with Crippen LogP contribution < -0.4 is 0 Å². The summed E-state index contributed by atoms with van der Waals surface area (Å²) in [6.07, 6.45) is 6.06. The highest BCUT2D eigenvalue weighted by Crippen LogP contribution is 2.39. The first kappa shape index (κ1) is 21.6. The molecule has 5 nitrogen and oxygen atoms in total. The highest BCUT2D eigenvalue weighted by Gasteiger charge is 2.25. The van der Waals surface area contributed by atoms with Gasteiger partial charge in [0.1, 0.15) is 16.9 Å². The number of carbonyl (C=O) groups is 1. The minimum atomic E-state index is -0.360. The summed E-state index contributed by atoms with van der Waals surface area (Å²) in [6.45, 7) is 11.9. The molecule has 0 bridgehead atoms. The van der Waals surface area contributed by atoms with Crippen molar-refractivity contribution in [2.75, 3.05) is 6.61 Å². The molecule has 1 aliphatic rings. The van der Waals surface area contributed by atoms with Gasteiger partial charge >= 0.3 is 5.97 Å². The number of benzene rings is 1. The molecule has 0 N–H and O–H groups in total. The predicted molar refractivity (Wildman–Crippen MR) is 113 cm³/mol. The van der Waals surface area contributed by atoms with Crippen LogP contribution in [0.5, 0.6) is 0 Å². The molecule has 0 unspecified atom stereocenters. The van der Waals surface area contributed by atoms with Crippen LogP contribution in [0.15, 0.2) is 35.0 Å². The van der Waals surface area contributed by atoms with Crippen molar-refractivity contribution in [3.63, 3.8) is 0 Å². The fraction of sp³-hybridized carbons (Fsp3) is 0.435. The lowest BCUT2D eigenvalue weighted by atomic mass is 10.1. The third-order valence-electron chi connectivity index (χ3n) is 4.31. The molecule has 1 fully saturated rings. The molecule has 0 saturated heterocycles.